The van der Waals surface area contributed by atoms with Crippen molar-refractivity contribution in [3.63, 3.8) is 0 Å². The standard InChI is InChI=1S/C53H36/c1-53(2)49-32-40(25-26-43(49)48-30-35-13-5-6-14-36(35)31-50(48)53)38-20-21-39-29-42(24-22-37(39)27-38)52-46-17-9-7-15-44(46)51(45-16-8-10-18-47(45)52)41-23-19-33-11-3-4-12-34(33)28-41/h3-32H,1-2H3. The molecule has 0 nitrogen and oxygen atoms in total. The van der Waals surface area contributed by atoms with Gasteiger partial charge in [-0.25, -0.2) is 0 Å². The summed E-state index contributed by atoms with van der Waals surface area (Å²) >= 11 is 0. The first-order valence-corrected chi connectivity index (χ1v) is 18.7. The molecule has 10 aromatic carbocycles. The van der Waals surface area contributed by atoms with Crippen molar-refractivity contribution in [1.29, 1.82) is 0 Å². The Bertz CT molecular complexity index is 3080. The summed E-state index contributed by atoms with van der Waals surface area (Å²) in [6, 6.07) is 68.0. The molecular formula is C53H36. The number of rotatable bonds is 3. The third-order valence-electron chi connectivity index (χ3n) is 12.0. The summed E-state index contributed by atoms with van der Waals surface area (Å²) < 4.78 is 0. The second kappa shape index (κ2) is 11.2. The molecular weight excluding hydrogens is 637 g/mol. The van der Waals surface area contributed by atoms with Crippen LogP contribution in [0, 0.1) is 0 Å². The third kappa shape index (κ3) is 4.55. The molecule has 53 heavy (non-hydrogen) atoms. The van der Waals surface area contributed by atoms with Crippen LogP contribution in [0.2, 0.25) is 0 Å². The molecule has 0 heterocycles. The third-order valence-corrected chi connectivity index (χ3v) is 12.0. The molecule has 10 aromatic rings. The van der Waals surface area contributed by atoms with E-state index in [9.17, 15) is 0 Å². The highest BCUT2D eigenvalue weighted by Crippen LogP contribution is 2.51. The zero-order chi connectivity index (χ0) is 35.3. The summed E-state index contributed by atoms with van der Waals surface area (Å²) in [6.45, 7) is 4.75. The normalized spacial score (nSPS) is 13.2. The first kappa shape index (κ1) is 30.2. The molecule has 0 radical (unpaired) electrons. The van der Waals surface area contributed by atoms with Crippen LogP contribution in [0.3, 0.4) is 0 Å². The molecule has 0 spiro atoms. The molecule has 0 aliphatic heterocycles. The van der Waals surface area contributed by atoms with Crippen LogP contribution in [0.1, 0.15) is 25.0 Å². The molecule has 0 unspecified atom stereocenters. The van der Waals surface area contributed by atoms with Gasteiger partial charge >= 0.3 is 0 Å². The van der Waals surface area contributed by atoms with E-state index in [1.807, 2.05) is 0 Å². The number of hydrogen-bond donors (Lipinski definition) is 0. The van der Waals surface area contributed by atoms with E-state index in [1.165, 1.54) is 109 Å². The molecule has 0 amide bonds. The van der Waals surface area contributed by atoms with E-state index in [4.69, 9.17) is 0 Å². The van der Waals surface area contributed by atoms with Gasteiger partial charge in [0.1, 0.15) is 0 Å². The first-order chi connectivity index (χ1) is 26.0. The van der Waals surface area contributed by atoms with Gasteiger partial charge in [-0.15, -0.1) is 0 Å². The molecule has 0 saturated heterocycles. The lowest BCUT2D eigenvalue weighted by Gasteiger charge is -2.22. The van der Waals surface area contributed by atoms with Crippen LogP contribution < -0.4 is 0 Å². The Balaban J connectivity index is 1.03. The lowest BCUT2D eigenvalue weighted by molar-refractivity contribution is 0.661. The minimum atomic E-state index is -0.0636. The van der Waals surface area contributed by atoms with Crippen LogP contribution in [0.25, 0.3) is 98.4 Å². The predicted molar refractivity (Wildman–Crippen MR) is 228 cm³/mol. The lowest BCUT2D eigenvalue weighted by Crippen LogP contribution is -2.15. The highest BCUT2D eigenvalue weighted by molar-refractivity contribution is 6.22. The van der Waals surface area contributed by atoms with Crippen molar-refractivity contribution < 1.29 is 0 Å². The van der Waals surface area contributed by atoms with Crippen molar-refractivity contribution in [3.05, 3.63) is 193 Å². The number of hydrogen-bond acceptors (Lipinski definition) is 0. The van der Waals surface area contributed by atoms with E-state index in [0.717, 1.165) is 0 Å². The fraction of sp³-hybridized carbons (Fsp3) is 0.0566. The summed E-state index contributed by atoms with van der Waals surface area (Å²) in [7, 11) is 0. The zero-order valence-electron chi connectivity index (χ0n) is 29.8. The van der Waals surface area contributed by atoms with Gasteiger partial charge in [0.05, 0.1) is 0 Å². The van der Waals surface area contributed by atoms with Gasteiger partial charge in [-0.2, -0.15) is 0 Å². The maximum atomic E-state index is 2.44. The Morgan fingerprint density at radius 1 is 0.283 bits per heavy atom. The van der Waals surface area contributed by atoms with Crippen molar-refractivity contribution in [2.24, 2.45) is 0 Å². The molecule has 11 rings (SSSR count). The molecule has 0 fully saturated rings. The summed E-state index contributed by atoms with van der Waals surface area (Å²) in [5, 5.41) is 12.8. The van der Waals surface area contributed by atoms with Gasteiger partial charge in [-0.05, 0) is 146 Å². The number of fused-ring (bicyclic) bond motifs is 8. The molecule has 0 atom stereocenters. The van der Waals surface area contributed by atoms with Crippen molar-refractivity contribution in [3.8, 4) is 44.5 Å². The van der Waals surface area contributed by atoms with Gasteiger partial charge < -0.3 is 0 Å². The molecule has 0 heteroatoms. The van der Waals surface area contributed by atoms with E-state index in [0.29, 0.717) is 0 Å². The highest BCUT2D eigenvalue weighted by Gasteiger charge is 2.36. The Hall–Kier alpha value is -6.50. The quantitative estimate of drug-likeness (QED) is 0.164. The van der Waals surface area contributed by atoms with Crippen LogP contribution in [-0.4, -0.2) is 0 Å². The Kier molecular flexibility index (Phi) is 6.40. The molecule has 0 aromatic heterocycles. The van der Waals surface area contributed by atoms with Crippen molar-refractivity contribution in [2.45, 2.75) is 19.3 Å². The zero-order valence-corrected chi connectivity index (χ0v) is 29.8. The fourth-order valence-electron chi connectivity index (χ4n) is 9.28. The van der Waals surface area contributed by atoms with Gasteiger partial charge in [0.25, 0.3) is 0 Å². The molecule has 248 valence electrons. The lowest BCUT2D eigenvalue weighted by atomic mass is 9.81. The highest BCUT2D eigenvalue weighted by atomic mass is 14.4. The predicted octanol–water partition coefficient (Wildman–Crippen LogP) is 14.8. The Labute approximate surface area is 309 Å². The smallest absolute Gasteiger partial charge is 0.0159 e. The second-order valence-electron chi connectivity index (χ2n) is 15.3. The Morgan fingerprint density at radius 2 is 0.660 bits per heavy atom. The van der Waals surface area contributed by atoms with E-state index < -0.39 is 0 Å². The maximum absolute atomic E-state index is 2.44. The topological polar surface area (TPSA) is 0 Å². The van der Waals surface area contributed by atoms with E-state index in [-0.39, 0.29) is 5.41 Å². The SMILES string of the molecule is CC1(C)c2cc(-c3ccc4cc(-c5c6ccccc6c(-c6ccc7ccccc7c6)c6ccccc56)ccc4c3)ccc2-c2cc3ccccc3cc21. The van der Waals surface area contributed by atoms with Gasteiger partial charge in [0.15, 0.2) is 0 Å². The molecule has 0 bridgehead atoms. The van der Waals surface area contributed by atoms with Crippen molar-refractivity contribution in [1.82, 2.24) is 0 Å². The van der Waals surface area contributed by atoms with Gasteiger partial charge in [-0.3, -0.25) is 0 Å². The maximum Gasteiger partial charge on any atom is 0.0159 e. The van der Waals surface area contributed by atoms with E-state index in [2.05, 4.69) is 196 Å². The van der Waals surface area contributed by atoms with Crippen LogP contribution in [0.15, 0.2) is 182 Å². The van der Waals surface area contributed by atoms with E-state index in [1.54, 1.807) is 0 Å². The summed E-state index contributed by atoms with van der Waals surface area (Å²) in [5.74, 6) is 0. The summed E-state index contributed by atoms with van der Waals surface area (Å²) in [5.41, 5.74) is 13.1. The van der Waals surface area contributed by atoms with Crippen LogP contribution >= 0.6 is 0 Å². The van der Waals surface area contributed by atoms with Crippen LogP contribution in [0.4, 0.5) is 0 Å². The summed E-state index contributed by atoms with van der Waals surface area (Å²) in [4.78, 5) is 0. The van der Waals surface area contributed by atoms with Crippen LogP contribution in [-0.2, 0) is 5.41 Å². The fourth-order valence-corrected chi connectivity index (χ4v) is 9.28. The van der Waals surface area contributed by atoms with Crippen molar-refractivity contribution >= 4 is 53.9 Å². The van der Waals surface area contributed by atoms with Gasteiger partial charge in [0, 0.05) is 5.41 Å². The molecule has 1 aliphatic rings. The molecule has 0 N–H and O–H groups in total. The molecule has 1 aliphatic carbocycles. The average Bonchev–Trinajstić information content (AvgIpc) is 3.42. The number of benzene rings is 10. The average molecular weight is 673 g/mol. The van der Waals surface area contributed by atoms with Gasteiger partial charge in [0.2, 0.25) is 0 Å². The van der Waals surface area contributed by atoms with Crippen LogP contribution in [0.5, 0.6) is 0 Å². The van der Waals surface area contributed by atoms with Gasteiger partial charge in [-0.1, -0.05) is 159 Å². The van der Waals surface area contributed by atoms with E-state index >= 15 is 0 Å². The minimum Gasteiger partial charge on any atom is -0.0616 e. The van der Waals surface area contributed by atoms with Crippen molar-refractivity contribution in [2.75, 3.05) is 0 Å². The second-order valence-corrected chi connectivity index (χ2v) is 15.3. The monoisotopic (exact) mass is 672 g/mol. The largest absolute Gasteiger partial charge is 0.0616 e. The Morgan fingerprint density at radius 3 is 1.25 bits per heavy atom. The summed E-state index contributed by atoms with van der Waals surface area (Å²) in [6.07, 6.45) is 0. The molecule has 0 saturated carbocycles. The first-order valence-electron chi connectivity index (χ1n) is 18.7. The minimum absolute atomic E-state index is 0.0636.